The number of hydrogen-bond acceptors (Lipinski definition) is 2. The molecular weight excluding hydrogens is 197 g/mol. The fourth-order valence-corrected chi connectivity index (χ4v) is 1.04. The highest BCUT2D eigenvalue weighted by Gasteiger charge is 2.06. The van der Waals surface area contributed by atoms with Crippen LogP contribution in [0.3, 0.4) is 0 Å². The van der Waals surface area contributed by atoms with Crippen molar-refractivity contribution in [2.75, 3.05) is 5.32 Å². The summed E-state index contributed by atoms with van der Waals surface area (Å²) in [5, 5.41) is 18.9. The zero-order valence-corrected chi connectivity index (χ0v) is 8.19. The summed E-state index contributed by atoms with van der Waals surface area (Å²) in [5.41, 5.74) is 5.67. The van der Waals surface area contributed by atoms with Gasteiger partial charge in [-0.05, 0) is 18.6 Å². The third-order valence-electron chi connectivity index (χ3n) is 1.71. The molecule has 5 nitrogen and oxygen atoms in total. The molecule has 0 fully saturated rings. The van der Waals surface area contributed by atoms with Gasteiger partial charge in [-0.3, -0.25) is 16.1 Å². The van der Waals surface area contributed by atoms with Gasteiger partial charge in [-0.2, -0.15) is 0 Å². The van der Waals surface area contributed by atoms with E-state index >= 15 is 0 Å². The zero-order chi connectivity index (χ0) is 11.4. The van der Waals surface area contributed by atoms with E-state index in [1.54, 1.807) is 19.1 Å². The average molecular weight is 209 g/mol. The van der Waals surface area contributed by atoms with Crippen molar-refractivity contribution in [3.8, 4) is 0 Å². The minimum atomic E-state index is -0.424. The Bertz CT molecular complexity index is 401. The average Bonchev–Trinajstić information content (AvgIpc) is 2.11. The van der Waals surface area contributed by atoms with E-state index in [4.69, 9.17) is 16.6 Å². The number of aryl methyl sites for hydroxylation is 1. The van der Waals surface area contributed by atoms with E-state index in [1.165, 1.54) is 6.07 Å². The van der Waals surface area contributed by atoms with Crippen molar-refractivity contribution in [3.05, 3.63) is 29.6 Å². The molecule has 0 aliphatic heterocycles. The maximum absolute atomic E-state index is 13.4. The van der Waals surface area contributed by atoms with Gasteiger partial charge >= 0.3 is 0 Å². The molecule has 0 aliphatic carbocycles. The van der Waals surface area contributed by atoms with Crippen molar-refractivity contribution >= 4 is 17.6 Å². The van der Waals surface area contributed by atoms with Gasteiger partial charge in [-0.25, -0.2) is 4.39 Å². The summed E-state index contributed by atoms with van der Waals surface area (Å²) in [6.07, 6.45) is 0. The van der Waals surface area contributed by atoms with Crippen LogP contribution in [0, 0.1) is 23.6 Å². The quantitative estimate of drug-likeness (QED) is 0.352. The molecule has 1 aromatic rings. The summed E-state index contributed by atoms with van der Waals surface area (Å²) in [4.78, 5) is 0. The minimum Gasteiger partial charge on any atom is -0.370 e. The van der Waals surface area contributed by atoms with Crippen LogP contribution in [0.5, 0.6) is 0 Å². The largest absolute Gasteiger partial charge is 0.370 e. The van der Waals surface area contributed by atoms with Crippen LogP contribution >= 0.6 is 0 Å². The Hall–Kier alpha value is -2.11. The second kappa shape index (κ2) is 4.41. The van der Waals surface area contributed by atoms with E-state index in [2.05, 4.69) is 10.6 Å². The normalized spacial score (nSPS) is 9.47. The highest BCUT2D eigenvalue weighted by molar-refractivity contribution is 6.02. The van der Waals surface area contributed by atoms with Gasteiger partial charge in [0.2, 0.25) is 0 Å². The van der Waals surface area contributed by atoms with Gasteiger partial charge in [0, 0.05) is 0 Å². The lowest BCUT2D eigenvalue weighted by atomic mass is 10.2. The maximum Gasteiger partial charge on any atom is 0.199 e. The van der Waals surface area contributed by atoms with E-state index in [-0.39, 0.29) is 17.6 Å². The molecule has 1 rings (SSSR count). The predicted octanol–water partition coefficient (Wildman–Crippen LogP) is 0.964. The standard InChI is InChI=1S/C9H12FN5/c1-5-3-2-4-6(7(5)10)14-9(13)15-8(11)12/h2-4H,1H3,(H6,11,12,13,14,15). The van der Waals surface area contributed by atoms with Crippen LogP contribution in [-0.4, -0.2) is 11.9 Å². The van der Waals surface area contributed by atoms with Gasteiger partial charge in [-0.15, -0.1) is 0 Å². The predicted molar refractivity (Wildman–Crippen MR) is 57.5 cm³/mol. The molecule has 0 spiro atoms. The van der Waals surface area contributed by atoms with Crippen molar-refractivity contribution < 1.29 is 4.39 Å². The van der Waals surface area contributed by atoms with Crippen LogP contribution in [-0.2, 0) is 0 Å². The Morgan fingerprint density at radius 3 is 2.67 bits per heavy atom. The Labute approximate surface area is 86.5 Å². The Balaban J connectivity index is 2.77. The van der Waals surface area contributed by atoms with Crippen LogP contribution in [0.2, 0.25) is 0 Å². The molecule has 0 aromatic heterocycles. The maximum atomic E-state index is 13.4. The monoisotopic (exact) mass is 209 g/mol. The molecule has 0 aliphatic rings. The minimum absolute atomic E-state index is 0.175. The highest BCUT2D eigenvalue weighted by Crippen LogP contribution is 2.16. The molecule has 1 aromatic carbocycles. The molecule has 0 saturated carbocycles. The topological polar surface area (TPSA) is 97.8 Å². The first-order chi connectivity index (χ1) is 7.00. The molecule has 6 heteroatoms. The van der Waals surface area contributed by atoms with Gasteiger partial charge in [-0.1, -0.05) is 12.1 Å². The fraction of sp³-hybridized carbons (Fsp3) is 0.111. The fourth-order valence-electron chi connectivity index (χ4n) is 1.04. The second-order valence-corrected chi connectivity index (χ2v) is 2.98. The lowest BCUT2D eigenvalue weighted by Gasteiger charge is -2.10. The summed E-state index contributed by atoms with van der Waals surface area (Å²) >= 11 is 0. The lowest BCUT2D eigenvalue weighted by molar-refractivity contribution is 0.623. The summed E-state index contributed by atoms with van der Waals surface area (Å²) < 4.78 is 13.4. The van der Waals surface area contributed by atoms with Crippen LogP contribution in [0.15, 0.2) is 18.2 Å². The van der Waals surface area contributed by atoms with Gasteiger partial charge in [0.05, 0.1) is 5.69 Å². The van der Waals surface area contributed by atoms with E-state index in [9.17, 15) is 4.39 Å². The van der Waals surface area contributed by atoms with Crippen LogP contribution < -0.4 is 16.4 Å². The number of benzene rings is 1. The Morgan fingerprint density at radius 1 is 1.40 bits per heavy atom. The number of anilines is 1. The van der Waals surface area contributed by atoms with Gasteiger partial charge in [0.1, 0.15) is 5.82 Å². The number of hydrogen-bond donors (Lipinski definition) is 5. The second-order valence-electron chi connectivity index (χ2n) is 2.98. The number of rotatable bonds is 1. The smallest absolute Gasteiger partial charge is 0.199 e. The van der Waals surface area contributed by atoms with Gasteiger partial charge < -0.3 is 11.1 Å². The van der Waals surface area contributed by atoms with Crippen molar-refractivity contribution in [2.45, 2.75) is 6.92 Å². The molecule has 0 bridgehead atoms. The first-order valence-corrected chi connectivity index (χ1v) is 4.22. The molecule has 80 valence electrons. The lowest BCUT2D eigenvalue weighted by Crippen LogP contribution is -2.39. The summed E-state index contributed by atoms with van der Waals surface area (Å²) in [7, 11) is 0. The molecule has 0 atom stereocenters. The third kappa shape index (κ3) is 2.94. The third-order valence-corrected chi connectivity index (χ3v) is 1.71. The SMILES string of the molecule is Cc1cccc(NC(=N)NC(=N)N)c1F. The van der Waals surface area contributed by atoms with E-state index in [0.29, 0.717) is 5.56 Å². The number of nitrogens with two attached hydrogens (primary N) is 1. The summed E-state index contributed by atoms with van der Waals surface area (Å²) in [6, 6.07) is 4.79. The molecule has 15 heavy (non-hydrogen) atoms. The number of halogens is 1. The van der Waals surface area contributed by atoms with Gasteiger partial charge in [0.15, 0.2) is 11.9 Å². The molecule has 0 heterocycles. The van der Waals surface area contributed by atoms with Crippen LogP contribution in [0.1, 0.15) is 5.56 Å². The molecule has 0 unspecified atom stereocenters. The molecule has 0 saturated heterocycles. The number of nitrogens with one attached hydrogen (secondary N) is 4. The van der Waals surface area contributed by atoms with Crippen LogP contribution in [0.25, 0.3) is 0 Å². The van der Waals surface area contributed by atoms with E-state index in [0.717, 1.165) is 0 Å². The van der Waals surface area contributed by atoms with Crippen molar-refractivity contribution in [3.63, 3.8) is 0 Å². The van der Waals surface area contributed by atoms with Crippen molar-refractivity contribution in [2.24, 2.45) is 5.73 Å². The Kier molecular flexibility index (Phi) is 3.22. The van der Waals surface area contributed by atoms with Gasteiger partial charge in [0.25, 0.3) is 0 Å². The van der Waals surface area contributed by atoms with Crippen molar-refractivity contribution in [1.82, 2.24) is 5.32 Å². The van der Waals surface area contributed by atoms with Crippen molar-refractivity contribution in [1.29, 1.82) is 10.8 Å². The first-order valence-electron chi connectivity index (χ1n) is 4.22. The molecule has 6 N–H and O–H groups in total. The Morgan fingerprint density at radius 2 is 2.07 bits per heavy atom. The zero-order valence-electron chi connectivity index (χ0n) is 8.19. The molecule has 0 amide bonds. The van der Waals surface area contributed by atoms with E-state index < -0.39 is 5.82 Å². The first kappa shape index (κ1) is 11.0. The summed E-state index contributed by atoms with van der Waals surface area (Å²) in [5.74, 6) is -1.04. The summed E-state index contributed by atoms with van der Waals surface area (Å²) in [6.45, 7) is 1.63. The highest BCUT2D eigenvalue weighted by atomic mass is 19.1. The number of guanidine groups is 2. The molecular formula is C9H12FN5. The van der Waals surface area contributed by atoms with Crippen LogP contribution in [0.4, 0.5) is 10.1 Å². The van der Waals surface area contributed by atoms with E-state index in [1.807, 2.05) is 0 Å². The molecule has 0 radical (unpaired) electrons.